The van der Waals surface area contributed by atoms with E-state index in [0.29, 0.717) is 0 Å². The van der Waals surface area contributed by atoms with Crippen LogP contribution in [0.5, 0.6) is 0 Å². The van der Waals surface area contributed by atoms with Crippen LogP contribution in [0.1, 0.15) is 0 Å². The minimum absolute atomic E-state index is 0. The van der Waals surface area contributed by atoms with E-state index in [9.17, 15) is 0 Å². The first-order chi connectivity index (χ1) is 3.46. The average molecular weight is 296 g/mol. The Bertz CT molecular complexity index is 73.7. The largest absolute Gasteiger partial charge is 3.00 e. The molecule has 0 aliphatic rings. The van der Waals surface area contributed by atoms with Crippen molar-refractivity contribution in [2.75, 3.05) is 0 Å². The third-order valence-electron chi connectivity index (χ3n) is 0. The van der Waals surface area contributed by atoms with Gasteiger partial charge in [-0.25, -0.2) is 0 Å². The monoisotopic (exact) mass is 296 g/mol. The molecule has 0 aliphatic heterocycles. The van der Waals surface area contributed by atoms with Crippen LogP contribution in [0.15, 0.2) is 0 Å². The molecule has 8 heteroatoms. The predicted octanol–water partition coefficient (Wildman–Crippen LogP) is -5.43. The topological polar surface area (TPSA) is 126 Å². The van der Waals surface area contributed by atoms with Crippen LogP contribution in [-0.4, -0.2) is 12.3 Å². The second kappa shape index (κ2) is 16.0. The van der Waals surface area contributed by atoms with Crippen molar-refractivity contribution in [3.63, 3.8) is 0 Å². The third-order valence-corrected chi connectivity index (χ3v) is 0. The van der Waals surface area contributed by atoms with Crippen LogP contribution in [0.3, 0.4) is 0 Å². The van der Waals surface area contributed by atoms with Gasteiger partial charge in [-0.05, 0) is 12.3 Å². The Morgan fingerprint density at radius 2 is 0.800 bits per heavy atom. The first-order valence-electron chi connectivity index (χ1n) is 1.22. The molecule has 0 atom stereocenters. The van der Waals surface area contributed by atoms with Crippen molar-refractivity contribution < 1.29 is 78.0 Å². The molecular weight excluding hydrogens is 294 g/mol. The fourth-order valence-electron chi connectivity index (χ4n) is 0. The van der Waals surface area contributed by atoms with Gasteiger partial charge < -0.3 is 30.0 Å². The van der Waals surface area contributed by atoms with E-state index in [-0.39, 0.29) is 48.0 Å². The number of hydrogen-bond donors (Lipinski definition) is 0. The summed E-state index contributed by atoms with van der Waals surface area (Å²) in [5, 5.41) is 33.3. The number of halogens is 1. The summed E-state index contributed by atoms with van der Waals surface area (Å²) in [6.45, 7) is 0. The number of carbonyl (C=O) groups excluding carboxylic acids is 2. The Hall–Kier alpha value is 0.0248. The van der Waals surface area contributed by atoms with Crippen molar-refractivity contribution in [1.29, 1.82) is 0 Å². The zero-order valence-corrected chi connectivity index (χ0v) is 8.99. The van der Waals surface area contributed by atoms with Gasteiger partial charge in [0.25, 0.3) is 0 Å². The summed E-state index contributed by atoms with van der Waals surface area (Å²) in [5.41, 5.74) is 0. The van der Waals surface area contributed by atoms with E-state index in [2.05, 4.69) is 0 Å². The molecule has 10 heavy (non-hydrogen) atoms. The Morgan fingerprint density at radius 3 is 0.800 bits per heavy atom. The third kappa shape index (κ3) is 644000. The molecule has 0 unspecified atom stereocenters. The van der Waals surface area contributed by atoms with Gasteiger partial charge >= 0.3 is 35.6 Å². The molecule has 0 spiro atoms. The molecule has 6 nitrogen and oxygen atoms in total. The Kier molecular flexibility index (Phi) is 36.0. The summed E-state index contributed by atoms with van der Waals surface area (Å²) >= 11 is 0. The molecule has 56 valence electrons. The van der Waals surface area contributed by atoms with Crippen molar-refractivity contribution in [2.24, 2.45) is 0 Å². The predicted molar refractivity (Wildman–Crippen MR) is 13.6 cm³/mol. The summed E-state index contributed by atoms with van der Waals surface area (Å²) < 4.78 is 0. The normalized spacial score (nSPS) is 4.80. The number of rotatable bonds is 0. The molecule has 0 aromatic carbocycles. The summed E-state index contributed by atoms with van der Waals surface area (Å²) in [5.74, 6) is 0. The van der Waals surface area contributed by atoms with Crippen molar-refractivity contribution >= 4 is 12.3 Å². The van der Waals surface area contributed by atoms with Gasteiger partial charge in [-0.1, -0.05) is 0 Å². The van der Waals surface area contributed by atoms with Crippen LogP contribution in [0, 0.1) is 48.0 Å². The molecule has 0 fully saturated rings. The van der Waals surface area contributed by atoms with Crippen molar-refractivity contribution in [3.05, 3.63) is 0 Å². The maximum atomic E-state index is 8.33. The molecule has 0 aromatic rings. The fraction of sp³-hybridized carbons (Fsp3) is 0. The second-order valence-electron chi connectivity index (χ2n) is 0.500. The summed E-state index contributed by atoms with van der Waals surface area (Å²) in [6, 6.07) is 0. The Balaban J connectivity index is -0.0000000300. The van der Waals surface area contributed by atoms with E-state index in [1.54, 1.807) is 0 Å². The maximum absolute atomic E-state index is 8.33. The standard InChI is InChI=1S/2CH2O3.ClH2.La/c2*2-1(3)4;;/h2*(H2,2,3,4);1H2;/q;;+1;+3/p-4. The van der Waals surface area contributed by atoms with E-state index in [1.807, 2.05) is 0 Å². The van der Waals surface area contributed by atoms with E-state index < -0.39 is 12.3 Å². The van der Waals surface area contributed by atoms with Crippen LogP contribution < -0.4 is 20.4 Å². The van der Waals surface area contributed by atoms with E-state index in [4.69, 9.17) is 30.0 Å². The minimum atomic E-state index is -2.33. The van der Waals surface area contributed by atoms with Gasteiger partial charge in [0.1, 0.15) is 0 Å². The number of carbonyl (C=O) groups is 2. The number of hydrogen-bond acceptors (Lipinski definition) is 6. The van der Waals surface area contributed by atoms with Crippen LogP contribution in [0.25, 0.3) is 0 Å². The fourth-order valence-corrected chi connectivity index (χ4v) is 0. The Labute approximate surface area is 89.9 Å². The molecule has 0 radical (unpaired) electrons. The maximum Gasteiger partial charge on any atom is 3.00 e. The first-order valence-corrected chi connectivity index (χ1v) is 1.22. The molecule has 0 saturated heterocycles. The Morgan fingerprint density at radius 1 is 0.800 bits per heavy atom. The summed E-state index contributed by atoms with van der Waals surface area (Å²) in [7, 11) is 0. The van der Waals surface area contributed by atoms with Crippen LogP contribution >= 0.6 is 0 Å². The molecular formula is C2H2ClLaO6. The van der Waals surface area contributed by atoms with Gasteiger partial charge in [-0.15, -0.1) is 0 Å². The zero-order chi connectivity index (χ0) is 7.15. The molecule has 0 rings (SSSR count). The summed E-state index contributed by atoms with van der Waals surface area (Å²) in [4.78, 5) is 16.7. The average Bonchev–Trinajstić information content (AvgIpc) is 1.25. The quantitative estimate of drug-likeness (QED) is 0.439. The molecule has 0 N–H and O–H groups in total. The van der Waals surface area contributed by atoms with Crippen LogP contribution in [0.4, 0.5) is 9.59 Å². The molecule has 0 bridgehead atoms. The van der Waals surface area contributed by atoms with Gasteiger partial charge in [-0.3, -0.25) is 0 Å². The van der Waals surface area contributed by atoms with E-state index in [1.165, 1.54) is 0 Å². The van der Waals surface area contributed by atoms with Crippen LogP contribution in [0.2, 0.25) is 0 Å². The van der Waals surface area contributed by atoms with E-state index >= 15 is 0 Å². The first kappa shape index (κ1) is 22.5. The van der Waals surface area contributed by atoms with Crippen molar-refractivity contribution in [2.45, 2.75) is 0 Å². The molecule has 0 aromatic heterocycles. The SMILES string of the molecule is O=C([O-])[O-].O=C([O-])[O-].[ClH2+].[La+3]. The van der Waals surface area contributed by atoms with Gasteiger partial charge in [0.05, 0.1) is 12.4 Å². The zero-order valence-electron chi connectivity index (χ0n) is 4.47. The molecule has 0 heterocycles. The van der Waals surface area contributed by atoms with Crippen molar-refractivity contribution in [3.8, 4) is 0 Å². The molecule has 0 aliphatic carbocycles. The minimum Gasteiger partial charge on any atom is -0.652 e. The smallest absolute Gasteiger partial charge is 0.652 e. The molecule has 0 saturated carbocycles. The van der Waals surface area contributed by atoms with Gasteiger partial charge in [0.2, 0.25) is 0 Å². The van der Waals surface area contributed by atoms with Gasteiger partial charge in [0.15, 0.2) is 0 Å². The number of carboxylic acid groups (broad SMARTS) is 4. The van der Waals surface area contributed by atoms with Crippen molar-refractivity contribution in [1.82, 2.24) is 0 Å². The van der Waals surface area contributed by atoms with Gasteiger partial charge in [-0.2, -0.15) is 0 Å². The van der Waals surface area contributed by atoms with E-state index in [0.717, 1.165) is 0 Å². The van der Waals surface area contributed by atoms with Crippen LogP contribution in [-0.2, 0) is 0 Å². The summed E-state index contributed by atoms with van der Waals surface area (Å²) in [6.07, 6.45) is -4.67. The second-order valence-corrected chi connectivity index (χ2v) is 0.500. The van der Waals surface area contributed by atoms with Gasteiger partial charge in [0, 0.05) is 0 Å². The molecule has 0 amide bonds.